The molecule has 0 unspecified atom stereocenters. The second-order valence-electron chi connectivity index (χ2n) is 3.59. The topological polar surface area (TPSA) is 54.5 Å². The molecule has 4 rings (SSSR count). The van der Waals surface area contributed by atoms with Crippen LogP contribution in [0.25, 0.3) is 31.3 Å². The third-order valence-corrected chi connectivity index (χ3v) is 3.77. The van der Waals surface area contributed by atoms with Crippen LogP contribution in [0.5, 0.6) is 0 Å². The third-order valence-electron chi connectivity index (χ3n) is 2.69. The first-order valence-corrected chi connectivity index (χ1v) is 5.69. The average molecular weight is 226 g/mol. The molecule has 0 saturated heterocycles. The Morgan fingerprint density at radius 2 is 2.19 bits per heavy atom. The van der Waals surface area contributed by atoms with Crippen LogP contribution in [-0.4, -0.2) is 19.9 Å². The fraction of sp³-hybridized carbons (Fsp3) is 0. The molecule has 0 aliphatic rings. The van der Waals surface area contributed by atoms with Gasteiger partial charge in [-0.05, 0) is 6.07 Å². The maximum atomic E-state index is 4.33. The smallest absolute Gasteiger partial charge is 0.116 e. The summed E-state index contributed by atoms with van der Waals surface area (Å²) in [5, 5.41) is 2.32. The molecule has 0 radical (unpaired) electrons. The first kappa shape index (κ1) is 8.18. The molecule has 4 aromatic heterocycles. The first-order chi connectivity index (χ1) is 7.93. The van der Waals surface area contributed by atoms with Gasteiger partial charge in [0, 0.05) is 27.9 Å². The summed E-state index contributed by atoms with van der Waals surface area (Å²) in [6.07, 6.45) is 7.09. The van der Waals surface area contributed by atoms with Crippen LogP contribution in [0.15, 0.2) is 31.0 Å². The molecule has 5 heteroatoms. The maximum absolute atomic E-state index is 4.33. The minimum atomic E-state index is 0.976. The highest BCUT2D eigenvalue weighted by Crippen LogP contribution is 2.36. The van der Waals surface area contributed by atoms with Crippen molar-refractivity contribution < 1.29 is 0 Å². The molecule has 0 saturated carbocycles. The zero-order valence-corrected chi connectivity index (χ0v) is 8.95. The van der Waals surface area contributed by atoms with Gasteiger partial charge in [0.25, 0.3) is 0 Å². The molecule has 0 aliphatic heterocycles. The predicted molar refractivity (Wildman–Crippen MR) is 64.6 cm³/mol. The van der Waals surface area contributed by atoms with Gasteiger partial charge < -0.3 is 4.98 Å². The van der Waals surface area contributed by atoms with Gasteiger partial charge in [-0.25, -0.2) is 9.97 Å². The van der Waals surface area contributed by atoms with E-state index in [0.29, 0.717) is 0 Å². The van der Waals surface area contributed by atoms with E-state index < -0.39 is 0 Å². The maximum Gasteiger partial charge on any atom is 0.116 e. The van der Waals surface area contributed by atoms with Crippen molar-refractivity contribution in [3.63, 3.8) is 0 Å². The summed E-state index contributed by atoms with van der Waals surface area (Å²) in [6.45, 7) is 0. The van der Waals surface area contributed by atoms with E-state index in [1.807, 2.05) is 18.5 Å². The van der Waals surface area contributed by atoms with E-state index in [2.05, 4.69) is 19.9 Å². The van der Waals surface area contributed by atoms with Crippen molar-refractivity contribution in [3.05, 3.63) is 31.0 Å². The number of pyridine rings is 1. The third kappa shape index (κ3) is 0.906. The second kappa shape index (κ2) is 2.76. The fourth-order valence-electron chi connectivity index (χ4n) is 2.01. The number of rotatable bonds is 0. The van der Waals surface area contributed by atoms with E-state index in [1.54, 1.807) is 23.9 Å². The summed E-state index contributed by atoms with van der Waals surface area (Å²) in [5.74, 6) is 0. The van der Waals surface area contributed by atoms with E-state index in [4.69, 9.17) is 0 Å². The summed E-state index contributed by atoms with van der Waals surface area (Å²) in [6, 6.07) is 2.03. The molecule has 4 heterocycles. The lowest BCUT2D eigenvalue weighted by Crippen LogP contribution is -1.77. The molecule has 0 spiro atoms. The second-order valence-corrected chi connectivity index (χ2v) is 4.64. The Balaban J connectivity index is 2.38. The Hall–Kier alpha value is -2.01. The van der Waals surface area contributed by atoms with Gasteiger partial charge in [0.1, 0.15) is 16.7 Å². The lowest BCUT2D eigenvalue weighted by molar-refractivity contribution is 1.22. The number of aromatic nitrogens is 4. The molecule has 0 fully saturated rings. The van der Waals surface area contributed by atoms with Crippen LogP contribution in [0.3, 0.4) is 0 Å². The van der Waals surface area contributed by atoms with E-state index in [-0.39, 0.29) is 0 Å². The van der Waals surface area contributed by atoms with E-state index in [0.717, 1.165) is 26.6 Å². The molecular formula is C11H6N4S. The number of hydrogen-bond donors (Lipinski definition) is 1. The zero-order chi connectivity index (χ0) is 10.5. The Morgan fingerprint density at radius 1 is 1.19 bits per heavy atom. The standard InChI is InChI=1S/C11H6N4S/c1-2-12-3-6-8(1)16-11-9(6)10-7(15-11)4-13-5-14-10/h1-5,15H. The normalized spacial score (nSPS) is 11.8. The van der Waals surface area contributed by atoms with Crippen molar-refractivity contribution in [2.75, 3.05) is 0 Å². The highest BCUT2D eigenvalue weighted by atomic mass is 32.1. The minimum absolute atomic E-state index is 0.976. The van der Waals surface area contributed by atoms with Crippen LogP contribution >= 0.6 is 11.3 Å². The van der Waals surface area contributed by atoms with Crippen LogP contribution in [0.4, 0.5) is 0 Å². The van der Waals surface area contributed by atoms with Crippen LogP contribution in [0.2, 0.25) is 0 Å². The summed E-state index contributed by atoms with van der Waals surface area (Å²) in [4.78, 5) is 17.0. The minimum Gasteiger partial charge on any atom is -0.344 e. The van der Waals surface area contributed by atoms with Crippen LogP contribution in [0.1, 0.15) is 0 Å². The first-order valence-electron chi connectivity index (χ1n) is 4.87. The van der Waals surface area contributed by atoms with Gasteiger partial charge in [-0.1, -0.05) is 0 Å². The highest BCUT2D eigenvalue weighted by Gasteiger charge is 2.11. The van der Waals surface area contributed by atoms with E-state index in [9.17, 15) is 0 Å². The van der Waals surface area contributed by atoms with Gasteiger partial charge in [0.15, 0.2) is 0 Å². The summed E-state index contributed by atoms with van der Waals surface area (Å²) >= 11 is 1.72. The largest absolute Gasteiger partial charge is 0.344 e. The van der Waals surface area contributed by atoms with Crippen molar-refractivity contribution in [1.29, 1.82) is 0 Å². The average Bonchev–Trinajstić information content (AvgIpc) is 2.83. The van der Waals surface area contributed by atoms with Crippen molar-refractivity contribution >= 4 is 42.7 Å². The van der Waals surface area contributed by atoms with Crippen molar-refractivity contribution in [2.45, 2.75) is 0 Å². The SMILES string of the molecule is c1cc2sc3[nH]c4cncnc4c3c2cn1. The number of nitrogens with zero attached hydrogens (tertiary/aromatic N) is 3. The molecule has 4 aromatic rings. The Labute approximate surface area is 94.0 Å². The van der Waals surface area contributed by atoms with Crippen molar-refractivity contribution in [2.24, 2.45) is 0 Å². The monoisotopic (exact) mass is 226 g/mol. The van der Waals surface area contributed by atoms with Gasteiger partial charge >= 0.3 is 0 Å². The van der Waals surface area contributed by atoms with Gasteiger partial charge in [0.2, 0.25) is 0 Å². The number of H-pyrrole nitrogens is 1. The van der Waals surface area contributed by atoms with Crippen LogP contribution in [-0.2, 0) is 0 Å². The molecule has 0 amide bonds. The zero-order valence-electron chi connectivity index (χ0n) is 8.14. The molecule has 0 bridgehead atoms. The van der Waals surface area contributed by atoms with E-state index in [1.165, 1.54) is 4.70 Å². The Bertz CT molecular complexity index is 749. The van der Waals surface area contributed by atoms with Crippen molar-refractivity contribution in [1.82, 2.24) is 19.9 Å². The van der Waals surface area contributed by atoms with Gasteiger partial charge in [-0.3, -0.25) is 4.98 Å². The van der Waals surface area contributed by atoms with Gasteiger partial charge in [0.05, 0.1) is 11.7 Å². The number of thiophene rings is 1. The molecule has 4 nitrogen and oxygen atoms in total. The van der Waals surface area contributed by atoms with Crippen LogP contribution in [0, 0.1) is 0 Å². The number of aromatic amines is 1. The molecule has 0 atom stereocenters. The molecule has 16 heavy (non-hydrogen) atoms. The molecule has 0 aliphatic carbocycles. The number of nitrogens with one attached hydrogen (secondary N) is 1. The summed E-state index contributed by atoms with van der Waals surface area (Å²) in [7, 11) is 0. The molecule has 1 N–H and O–H groups in total. The summed E-state index contributed by atoms with van der Waals surface area (Å²) < 4.78 is 1.23. The summed E-state index contributed by atoms with van der Waals surface area (Å²) in [5.41, 5.74) is 1.96. The van der Waals surface area contributed by atoms with Crippen LogP contribution < -0.4 is 0 Å². The Kier molecular flexibility index (Phi) is 1.41. The number of hydrogen-bond acceptors (Lipinski definition) is 4. The lowest BCUT2D eigenvalue weighted by Gasteiger charge is -1.89. The highest BCUT2D eigenvalue weighted by molar-refractivity contribution is 7.25. The fourth-order valence-corrected chi connectivity index (χ4v) is 3.09. The Morgan fingerprint density at radius 3 is 3.19 bits per heavy atom. The van der Waals surface area contributed by atoms with Gasteiger partial charge in [-0.15, -0.1) is 11.3 Å². The predicted octanol–water partition coefficient (Wildman–Crippen LogP) is 2.72. The quantitative estimate of drug-likeness (QED) is 0.501. The molecular weight excluding hydrogens is 220 g/mol. The lowest BCUT2D eigenvalue weighted by atomic mass is 10.2. The van der Waals surface area contributed by atoms with Crippen molar-refractivity contribution in [3.8, 4) is 0 Å². The molecule has 76 valence electrons. The van der Waals surface area contributed by atoms with Gasteiger partial charge in [-0.2, -0.15) is 0 Å². The number of fused-ring (bicyclic) bond motifs is 5. The van der Waals surface area contributed by atoms with E-state index >= 15 is 0 Å². The molecule has 0 aromatic carbocycles.